The van der Waals surface area contributed by atoms with Gasteiger partial charge in [-0.3, -0.25) is 9.69 Å². The largest absolute Gasteiger partial charge is 0.371 e. The van der Waals surface area contributed by atoms with E-state index in [0.717, 1.165) is 10.0 Å². The molecular formula is C18H25BrN2O4S. The Bertz CT molecular complexity index is 753. The molecule has 6 nitrogen and oxygen atoms in total. The molecule has 2 aliphatic heterocycles. The van der Waals surface area contributed by atoms with Crippen molar-refractivity contribution >= 4 is 31.7 Å². The van der Waals surface area contributed by atoms with Crippen LogP contribution in [0.3, 0.4) is 0 Å². The topological polar surface area (TPSA) is 66.9 Å². The summed E-state index contributed by atoms with van der Waals surface area (Å²) in [4.78, 5) is 16.6. The first-order valence-electron chi connectivity index (χ1n) is 8.85. The van der Waals surface area contributed by atoms with Crippen molar-refractivity contribution in [1.82, 2.24) is 9.80 Å². The number of nitrogens with zero attached hydrogens (tertiary/aromatic N) is 2. The number of hydrogen-bond donors (Lipinski definition) is 0. The maximum absolute atomic E-state index is 12.9. The van der Waals surface area contributed by atoms with Gasteiger partial charge in [-0.1, -0.05) is 28.1 Å². The Hall–Kier alpha value is -0.960. The lowest BCUT2D eigenvalue weighted by Crippen LogP contribution is -2.52. The second-order valence-electron chi connectivity index (χ2n) is 7.09. The highest BCUT2D eigenvalue weighted by Crippen LogP contribution is 2.26. The second kappa shape index (κ2) is 7.96. The van der Waals surface area contributed by atoms with Crippen molar-refractivity contribution in [1.29, 1.82) is 0 Å². The molecule has 0 radical (unpaired) electrons. The van der Waals surface area contributed by atoms with Gasteiger partial charge in [-0.2, -0.15) is 0 Å². The predicted octanol–water partition coefficient (Wildman–Crippen LogP) is 1.86. The van der Waals surface area contributed by atoms with E-state index in [1.807, 2.05) is 31.2 Å². The quantitative estimate of drug-likeness (QED) is 0.708. The van der Waals surface area contributed by atoms with Gasteiger partial charge in [-0.05, 0) is 31.0 Å². The fraction of sp³-hybridized carbons (Fsp3) is 0.611. The van der Waals surface area contributed by atoms with Crippen LogP contribution in [0.1, 0.15) is 25.0 Å². The van der Waals surface area contributed by atoms with Gasteiger partial charge in [0, 0.05) is 30.7 Å². The van der Waals surface area contributed by atoms with Crippen LogP contribution < -0.4 is 0 Å². The van der Waals surface area contributed by atoms with Gasteiger partial charge in [0.1, 0.15) is 0 Å². The summed E-state index contributed by atoms with van der Waals surface area (Å²) < 4.78 is 30.3. The number of sulfone groups is 1. The van der Waals surface area contributed by atoms with Gasteiger partial charge in [-0.25, -0.2) is 8.42 Å². The lowest BCUT2D eigenvalue weighted by Gasteiger charge is -2.38. The summed E-state index contributed by atoms with van der Waals surface area (Å²) in [5, 5.41) is 0. The third-order valence-electron chi connectivity index (χ3n) is 5.35. The van der Waals surface area contributed by atoms with Crippen LogP contribution in [0.5, 0.6) is 0 Å². The molecule has 0 aromatic heterocycles. The molecule has 1 amide bonds. The van der Waals surface area contributed by atoms with Crippen LogP contribution in [0.25, 0.3) is 0 Å². The molecule has 2 heterocycles. The van der Waals surface area contributed by atoms with Crippen LogP contribution >= 0.6 is 15.9 Å². The Labute approximate surface area is 163 Å². The fourth-order valence-electron chi connectivity index (χ4n) is 3.61. The summed E-state index contributed by atoms with van der Waals surface area (Å²) in [7, 11) is -1.29. The summed E-state index contributed by atoms with van der Waals surface area (Å²) in [6.45, 7) is 3.80. The first kappa shape index (κ1) is 19.8. The van der Waals surface area contributed by atoms with Crippen LogP contribution in [0.4, 0.5) is 0 Å². The molecule has 0 spiro atoms. The first-order valence-corrected chi connectivity index (χ1v) is 11.5. The average Bonchev–Trinajstić information content (AvgIpc) is 3.00. The minimum absolute atomic E-state index is 0.0245. The van der Waals surface area contributed by atoms with Gasteiger partial charge < -0.3 is 9.64 Å². The Morgan fingerprint density at radius 1 is 1.35 bits per heavy atom. The lowest BCUT2D eigenvalue weighted by atomic mass is 10.1. The molecule has 2 aliphatic rings. The molecule has 8 heteroatoms. The fourth-order valence-corrected chi connectivity index (χ4v) is 5.65. The van der Waals surface area contributed by atoms with E-state index in [2.05, 4.69) is 20.8 Å². The van der Waals surface area contributed by atoms with Crippen molar-refractivity contribution in [3.8, 4) is 0 Å². The second-order valence-corrected chi connectivity index (χ2v) is 10.2. The molecular weight excluding hydrogens is 420 g/mol. The number of amides is 1. The number of likely N-dealkylation sites (N-methyl/N-ethyl adjacent to an activating group) is 1. The van der Waals surface area contributed by atoms with Crippen LogP contribution in [-0.2, 0) is 19.4 Å². The SMILES string of the molecule is CC(C(=O)N(C)C1CCS(=O)(=O)C1)N1CCOC(c2ccc(Br)cc2)C1. The van der Waals surface area contributed by atoms with E-state index in [-0.39, 0.29) is 35.6 Å². The molecule has 0 saturated carbocycles. The maximum atomic E-state index is 12.9. The molecule has 144 valence electrons. The molecule has 1 aromatic carbocycles. The lowest BCUT2D eigenvalue weighted by molar-refractivity contribution is -0.140. The molecule has 0 bridgehead atoms. The van der Waals surface area contributed by atoms with Crippen molar-refractivity contribution < 1.29 is 17.9 Å². The molecule has 3 atom stereocenters. The number of ether oxygens (including phenoxy) is 1. The number of benzene rings is 1. The molecule has 0 aliphatic carbocycles. The summed E-state index contributed by atoms with van der Waals surface area (Å²) in [6, 6.07) is 7.52. The first-order chi connectivity index (χ1) is 12.3. The number of halogens is 1. The summed E-state index contributed by atoms with van der Waals surface area (Å²) in [5.74, 6) is 0.225. The zero-order chi connectivity index (χ0) is 18.9. The van der Waals surface area contributed by atoms with Gasteiger partial charge >= 0.3 is 0 Å². The highest BCUT2D eigenvalue weighted by Gasteiger charge is 2.36. The van der Waals surface area contributed by atoms with Crippen LogP contribution in [0, 0.1) is 0 Å². The monoisotopic (exact) mass is 444 g/mol. The van der Waals surface area contributed by atoms with Gasteiger partial charge in [0.15, 0.2) is 9.84 Å². The molecule has 1 aromatic rings. The smallest absolute Gasteiger partial charge is 0.239 e. The van der Waals surface area contributed by atoms with Gasteiger partial charge in [0.2, 0.25) is 5.91 Å². The third kappa shape index (κ3) is 4.47. The van der Waals surface area contributed by atoms with E-state index in [4.69, 9.17) is 4.74 Å². The van der Waals surface area contributed by atoms with Crippen LogP contribution in [-0.4, -0.2) is 74.5 Å². The molecule has 2 saturated heterocycles. The normalized spacial score (nSPS) is 27.2. The minimum Gasteiger partial charge on any atom is -0.371 e. The number of hydrogen-bond acceptors (Lipinski definition) is 5. The van der Waals surface area contributed by atoms with Crippen molar-refractivity contribution in [3.05, 3.63) is 34.3 Å². The van der Waals surface area contributed by atoms with Gasteiger partial charge in [-0.15, -0.1) is 0 Å². The van der Waals surface area contributed by atoms with Gasteiger partial charge in [0.05, 0.1) is 30.3 Å². The Morgan fingerprint density at radius 3 is 2.65 bits per heavy atom. The van der Waals surface area contributed by atoms with Crippen molar-refractivity contribution in [2.75, 3.05) is 38.2 Å². The van der Waals surface area contributed by atoms with E-state index in [0.29, 0.717) is 26.1 Å². The van der Waals surface area contributed by atoms with E-state index >= 15 is 0 Å². The van der Waals surface area contributed by atoms with Crippen LogP contribution in [0.2, 0.25) is 0 Å². The van der Waals surface area contributed by atoms with E-state index in [1.165, 1.54) is 0 Å². The summed E-state index contributed by atoms with van der Waals surface area (Å²) in [6.07, 6.45) is 0.464. The summed E-state index contributed by atoms with van der Waals surface area (Å²) in [5.41, 5.74) is 1.09. The molecule has 0 N–H and O–H groups in total. The molecule has 3 rings (SSSR count). The van der Waals surface area contributed by atoms with Crippen LogP contribution in [0.15, 0.2) is 28.7 Å². The third-order valence-corrected chi connectivity index (χ3v) is 7.63. The highest BCUT2D eigenvalue weighted by molar-refractivity contribution is 9.10. The molecule has 2 fully saturated rings. The zero-order valence-electron chi connectivity index (χ0n) is 15.1. The Morgan fingerprint density at radius 2 is 2.04 bits per heavy atom. The average molecular weight is 445 g/mol. The molecule has 3 unspecified atom stereocenters. The number of morpholine rings is 1. The van der Waals surface area contributed by atoms with Crippen molar-refractivity contribution in [2.24, 2.45) is 0 Å². The number of carbonyl (C=O) groups is 1. The standard InChI is InChI=1S/C18H25BrN2O4S/c1-13(18(22)20(2)16-7-10-26(23,24)12-16)21-8-9-25-17(11-21)14-3-5-15(19)6-4-14/h3-6,13,16-17H,7-12H2,1-2H3. The van der Waals surface area contributed by atoms with E-state index in [9.17, 15) is 13.2 Å². The number of carbonyl (C=O) groups excluding carboxylic acids is 1. The van der Waals surface area contributed by atoms with E-state index in [1.54, 1.807) is 11.9 Å². The minimum atomic E-state index is -3.00. The maximum Gasteiger partial charge on any atom is 0.239 e. The van der Waals surface area contributed by atoms with Crippen molar-refractivity contribution in [3.63, 3.8) is 0 Å². The Balaban J connectivity index is 1.64. The zero-order valence-corrected chi connectivity index (χ0v) is 17.5. The van der Waals surface area contributed by atoms with Gasteiger partial charge in [0.25, 0.3) is 0 Å². The van der Waals surface area contributed by atoms with Crippen molar-refractivity contribution in [2.45, 2.75) is 31.5 Å². The van der Waals surface area contributed by atoms with E-state index < -0.39 is 9.84 Å². The highest BCUT2D eigenvalue weighted by atomic mass is 79.9. The molecule has 26 heavy (non-hydrogen) atoms. The number of rotatable bonds is 4. The summed E-state index contributed by atoms with van der Waals surface area (Å²) >= 11 is 3.44. The predicted molar refractivity (Wildman–Crippen MR) is 104 cm³/mol. The Kier molecular flexibility index (Phi) is 6.06.